The first kappa shape index (κ1) is 18.3. The Kier molecular flexibility index (Phi) is 4.99. The molecule has 0 saturated heterocycles. The molecule has 1 aromatic heterocycles. The third-order valence-corrected chi connectivity index (χ3v) is 4.22. The van der Waals surface area contributed by atoms with Crippen LogP contribution >= 0.6 is 0 Å². The van der Waals surface area contributed by atoms with Gasteiger partial charge in [-0.1, -0.05) is 18.2 Å². The molecule has 1 heterocycles. The summed E-state index contributed by atoms with van der Waals surface area (Å²) in [5, 5.41) is 0.315. The van der Waals surface area contributed by atoms with Gasteiger partial charge in [-0.3, -0.25) is 4.79 Å². The first-order valence-electron chi connectivity index (χ1n) is 8.79. The topological polar surface area (TPSA) is 75.0 Å². The molecule has 4 aromatic rings. The van der Waals surface area contributed by atoms with Crippen LogP contribution in [0.1, 0.15) is 10.4 Å². The molecule has 4 rings (SSSR count). The third-order valence-electron chi connectivity index (χ3n) is 4.22. The summed E-state index contributed by atoms with van der Waals surface area (Å²) in [6.45, 7) is 0. The van der Waals surface area contributed by atoms with Crippen LogP contribution in [0.25, 0.3) is 11.0 Å². The van der Waals surface area contributed by atoms with E-state index in [0.717, 1.165) is 0 Å². The molecule has 0 aliphatic carbocycles. The highest BCUT2D eigenvalue weighted by atomic mass is 16.5. The third kappa shape index (κ3) is 3.96. The molecule has 0 bridgehead atoms. The van der Waals surface area contributed by atoms with Gasteiger partial charge in [0.25, 0.3) is 0 Å². The second kappa shape index (κ2) is 7.90. The number of hydrogen-bond acceptors (Lipinski definition) is 6. The SMILES string of the molecule is COc1ccc(Oc2coc3cc(OC(=O)c4ccccc4)ccc3c2=O)cc1. The van der Waals surface area contributed by atoms with Crippen LogP contribution in [0.2, 0.25) is 0 Å². The van der Waals surface area contributed by atoms with E-state index < -0.39 is 5.97 Å². The number of esters is 1. The molecule has 0 amide bonds. The average molecular weight is 388 g/mol. The minimum absolute atomic E-state index is 0.0525. The van der Waals surface area contributed by atoms with Gasteiger partial charge in [-0.15, -0.1) is 0 Å². The maximum atomic E-state index is 12.7. The van der Waals surface area contributed by atoms with E-state index >= 15 is 0 Å². The molecule has 0 unspecified atom stereocenters. The van der Waals surface area contributed by atoms with Crippen LogP contribution in [0.15, 0.2) is 88.3 Å². The summed E-state index contributed by atoms with van der Waals surface area (Å²) in [6, 6.07) is 20.0. The fourth-order valence-corrected chi connectivity index (χ4v) is 2.74. The predicted octanol–water partition coefficient (Wildman–Crippen LogP) is 4.81. The number of rotatable bonds is 5. The molecular weight excluding hydrogens is 372 g/mol. The van der Waals surface area contributed by atoms with E-state index in [1.54, 1.807) is 55.6 Å². The lowest BCUT2D eigenvalue weighted by molar-refractivity contribution is 0.0735. The van der Waals surface area contributed by atoms with E-state index in [1.807, 2.05) is 6.07 Å². The fraction of sp³-hybridized carbons (Fsp3) is 0.0435. The fourth-order valence-electron chi connectivity index (χ4n) is 2.74. The predicted molar refractivity (Wildman–Crippen MR) is 107 cm³/mol. The maximum Gasteiger partial charge on any atom is 0.343 e. The second-order valence-electron chi connectivity index (χ2n) is 6.12. The number of ether oxygens (including phenoxy) is 3. The van der Waals surface area contributed by atoms with Crippen LogP contribution in [0, 0.1) is 0 Å². The minimum Gasteiger partial charge on any atom is -0.497 e. The monoisotopic (exact) mass is 388 g/mol. The highest BCUT2D eigenvalue weighted by Crippen LogP contribution is 2.25. The standard InChI is InChI=1S/C23H16O6/c1-26-16-7-9-17(10-8-16)28-21-14-27-20-13-18(11-12-19(20)22(21)24)29-23(25)15-5-3-2-4-6-15/h2-14H,1H3. The molecule has 0 aliphatic heterocycles. The smallest absolute Gasteiger partial charge is 0.343 e. The average Bonchev–Trinajstić information content (AvgIpc) is 2.77. The molecule has 6 heteroatoms. The van der Waals surface area contributed by atoms with Gasteiger partial charge < -0.3 is 18.6 Å². The minimum atomic E-state index is -0.494. The van der Waals surface area contributed by atoms with E-state index in [-0.39, 0.29) is 22.5 Å². The molecule has 6 nitrogen and oxygen atoms in total. The molecule has 0 radical (unpaired) electrons. The van der Waals surface area contributed by atoms with E-state index in [1.165, 1.54) is 24.5 Å². The zero-order valence-corrected chi connectivity index (χ0v) is 15.5. The summed E-state index contributed by atoms with van der Waals surface area (Å²) in [5.74, 6) is 0.994. The summed E-state index contributed by atoms with van der Waals surface area (Å²) < 4.78 is 21.6. The van der Waals surface area contributed by atoms with Crippen LogP contribution in [0.4, 0.5) is 0 Å². The van der Waals surface area contributed by atoms with Crippen LogP contribution < -0.4 is 19.6 Å². The lowest BCUT2D eigenvalue weighted by atomic mass is 10.2. The summed E-state index contributed by atoms with van der Waals surface area (Å²) in [7, 11) is 1.57. The Morgan fingerprint density at radius 3 is 2.28 bits per heavy atom. The number of carbonyl (C=O) groups excluding carboxylic acids is 1. The first-order chi connectivity index (χ1) is 14.1. The van der Waals surface area contributed by atoms with Crippen LogP contribution in [0.3, 0.4) is 0 Å². The van der Waals surface area contributed by atoms with Crippen molar-refractivity contribution < 1.29 is 23.4 Å². The summed E-state index contributed by atoms with van der Waals surface area (Å²) in [4.78, 5) is 24.9. The lowest BCUT2D eigenvalue weighted by Crippen LogP contribution is -2.09. The summed E-state index contributed by atoms with van der Waals surface area (Å²) in [6.07, 6.45) is 1.23. The Morgan fingerprint density at radius 1 is 0.862 bits per heavy atom. The number of benzene rings is 3. The van der Waals surface area contributed by atoms with Gasteiger partial charge in [-0.25, -0.2) is 4.79 Å². The van der Waals surface area contributed by atoms with Crippen molar-refractivity contribution in [2.75, 3.05) is 7.11 Å². The summed E-state index contributed by atoms with van der Waals surface area (Å²) in [5.41, 5.74) is 0.385. The molecule has 0 spiro atoms. The number of hydrogen-bond donors (Lipinski definition) is 0. The Bertz CT molecular complexity index is 1210. The van der Waals surface area contributed by atoms with Crippen LogP contribution in [-0.4, -0.2) is 13.1 Å². The van der Waals surface area contributed by atoms with Crippen LogP contribution in [-0.2, 0) is 0 Å². The van der Waals surface area contributed by atoms with Gasteiger partial charge in [-0.05, 0) is 48.5 Å². The van der Waals surface area contributed by atoms with Gasteiger partial charge in [0.05, 0.1) is 18.1 Å². The Labute approximate surface area is 165 Å². The van der Waals surface area contributed by atoms with Crippen molar-refractivity contribution in [1.82, 2.24) is 0 Å². The molecule has 0 saturated carbocycles. The van der Waals surface area contributed by atoms with E-state index in [2.05, 4.69) is 0 Å². The number of carbonyl (C=O) groups is 1. The van der Waals surface area contributed by atoms with Gasteiger partial charge >= 0.3 is 5.97 Å². The molecule has 144 valence electrons. The largest absolute Gasteiger partial charge is 0.497 e. The molecule has 3 aromatic carbocycles. The zero-order valence-electron chi connectivity index (χ0n) is 15.5. The van der Waals surface area contributed by atoms with Gasteiger partial charge in [0, 0.05) is 6.07 Å². The van der Waals surface area contributed by atoms with Crippen molar-refractivity contribution in [2.45, 2.75) is 0 Å². The zero-order chi connectivity index (χ0) is 20.2. The Morgan fingerprint density at radius 2 is 1.55 bits per heavy atom. The Hall–Kier alpha value is -4.06. The molecule has 0 atom stereocenters. The molecule has 29 heavy (non-hydrogen) atoms. The van der Waals surface area contributed by atoms with Crippen molar-refractivity contribution >= 4 is 16.9 Å². The first-order valence-corrected chi connectivity index (χ1v) is 8.79. The molecule has 0 N–H and O–H groups in total. The van der Waals surface area contributed by atoms with Crippen molar-refractivity contribution in [1.29, 1.82) is 0 Å². The van der Waals surface area contributed by atoms with Gasteiger partial charge in [0.1, 0.15) is 29.1 Å². The number of fused-ring (bicyclic) bond motifs is 1. The van der Waals surface area contributed by atoms with Gasteiger partial charge in [-0.2, -0.15) is 0 Å². The normalized spacial score (nSPS) is 10.5. The number of methoxy groups -OCH3 is 1. The maximum absolute atomic E-state index is 12.7. The van der Waals surface area contributed by atoms with E-state index in [4.69, 9.17) is 18.6 Å². The van der Waals surface area contributed by atoms with E-state index in [0.29, 0.717) is 22.4 Å². The van der Waals surface area contributed by atoms with Crippen molar-refractivity contribution in [2.24, 2.45) is 0 Å². The molecule has 0 aliphatic rings. The van der Waals surface area contributed by atoms with Crippen molar-refractivity contribution in [3.63, 3.8) is 0 Å². The highest BCUT2D eigenvalue weighted by molar-refractivity contribution is 5.91. The van der Waals surface area contributed by atoms with Crippen LogP contribution in [0.5, 0.6) is 23.0 Å². The molecule has 0 fully saturated rings. The molecular formula is C23H16O6. The van der Waals surface area contributed by atoms with Crippen molar-refractivity contribution in [3.8, 4) is 23.0 Å². The van der Waals surface area contributed by atoms with Gasteiger partial charge in [0.15, 0.2) is 0 Å². The van der Waals surface area contributed by atoms with Crippen molar-refractivity contribution in [3.05, 3.63) is 94.8 Å². The quantitative estimate of drug-likeness (QED) is 0.361. The Balaban J connectivity index is 1.58. The second-order valence-corrected chi connectivity index (χ2v) is 6.12. The lowest BCUT2D eigenvalue weighted by Gasteiger charge is -2.08. The van der Waals surface area contributed by atoms with E-state index in [9.17, 15) is 9.59 Å². The highest BCUT2D eigenvalue weighted by Gasteiger charge is 2.13. The summed E-state index contributed by atoms with van der Waals surface area (Å²) >= 11 is 0. The van der Waals surface area contributed by atoms with Gasteiger partial charge in [0.2, 0.25) is 11.2 Å².